The molecule has 2 atom stereocenters. The van der Waals surface area contributed by atoms with Gasteiger partial charge in [-0.15, -0.1) is 20.5 Å². The molecule has 1 fully saturated rings. The molecule has 3 aromatic heterocycles. The first-order valence-electron chi connectivity index (χ1n) is 22.8. The van der Waals surface area contributed by atoms with Crippen LogP contribution in [0.5, 0.6) is 11.5 Å². The summed E-state index contributed by atoms with van der Waals surface area (Å²) in [4.78, 5) is 95.2. The number of pyridine rings is 1. The number of Topliss-reactive ketones (excluding diaryl/α,β-unsaturated/α-hetero) is 1. The molecule has 2 amide bonds. The fourth-order valence-corrected chi connectivity index (χ4v) is 8.64. The van der Waals surface area contributed by atoms with Crippen LogP contribution >= 0.6 is 11.3 Å². The number of aliphatic hydroxyl groups excluding tert-OH is 2. The van der Waals surface area contributed by atoms with Gasteiger partial charge in [-0.05, 0) is 66.5 Å². The number of ether oxygens (including phenoxy) is 4. The van der Waals surface area contributed by atoms with Gasteiger partial charge in [0.25, 0.3) is 10.0 Å². The van der Waals surface area contributed by atoms with E-state index in [9.17, 15) is 47.4 Å². The average Bonchev–Trinajstić information content (AvgIpc) is 3.91. The topological polar surface area (TPSA) is 287 Å². The van der Waals surface area contributed by atoms with Gasteiger partial charge >= 0.3 is 17.6 Å². The summed E-state index contributed by atoms with van der Waals surface area (Å²) in [5, 5.41) is 29.8. The van der Waals surface area contributed by atoms with Gasteiger partial charge < -0.3 is 34.0 Å². The zero-order chi connectivity index (χ0) is 53.5. The maximum absolute atomic E-state index is 13.9. The molecule has 0 saturated carbocycles. The van der Waals surface area contributed by atoms with Gasteiger partial charge in [-0.2, -0.15) is 0 Å². The van der Waals surface area contributed by atoms with E-state index in [2.05, 4.69) is 20.2 Å². The SMILES string of the molecule is CC(C)(C)OC(=O)Cc1nc(/C(=N/OC(C)(C)C(=O)OC(C)(C)C)C(=O)C[C@H]2CN(C(=O)CS(=O)(=O)n3nc(-c4cc(OCc5ccccc5)c(OCc5ccccc5)cn4)n(C[C@@H](O)CO)c3=O)C2=O)cs1. The molecule has 0 bridgehead atoms. The number of rotatable bonds is 22. The molecule has 1 saturated heterocycles. The minimum absolute atomic E-state index is 0.0357. The molecular formula is C49H57N7O15S2. The van der Waals surface area contributed by atoms with Crippen molar-refractivity contribution in [1.29, 1.82) is 0 Å². The van der Waals surface area contributed by atoms with Crippen LogP contribution in [0.1, 0.15) is 83.6 Å². The molecule has 0 spiro atoms. The van der Waals surface area contributed by atoms with Crippen molar-refractivity contribution in [3.05, 3.63) is 111 Å². The highest BCUT2D eigenvalue weighted by Gasteiger charge is 2.44. The highest BCUT2D eigenvalue weighted by atomic mass is 32.2. The lowest BCUT2D eigenvalue weighted by Gasteiger charge is -2.36. The van der Waals surface area contributed by atoms with E-state index < -0.39 is 112 Å². The van der Waals surface area contributed by atoms with Crippen LogP contribution in [-0.2, 0) is 74.5 Å². The maximum Gasteiger partial charge on any atom is 0.360 e. The molecule has 2 aromatic carbocycles. The Labute approximate surface area is 424 Å². The van der Waals surface area contributed by atoms with Gasteiger partial charge in [0, 0.05) is 24.4 Å². The van der Waals surface area contributed by atoms with Gasteiger partial charge in [0.05, 0.1) is 37.8 Å². The van der Waals surface area contributed by atoms with Crippen LogP contribution < -0.4 is 15.2 Å². The number of hydrogen-bond donors (Lipinski definition) is 2. The quantitative estimate of drug-likeness (QED) is 0.0433. The molecule has 6 rings (SSSR count). The molecule has 0 aliphatic carbocycles. The molecule has 22 nitrogen and oxygen atoms in total. The standard InChI is InChI=1S/C49H57N7O15S2/c1-47(2,3)69-41(61)21-39-51-35(28-72-39)42(53-71-49(7,8)45(63)70-48(4,5)6)36(59)19-32-23-54(44(32)62)40(60)29-73(65,66)56-46(64)55(24-33(58)25-57)43(52-56)34-20-37(67-26-30-15-11-9-12-16-30)38(22-50-34)68-27-31-17-13-10-14-18-31/h9-18,20,22,28,32-33,57-58H,19,21,23-27,29H2,1-8H3/b53-42-/t32-,33+/m0/s1. The van der Waals surface area contributed by atoms with E-state index in [-0.39, 0.29) is 57.4 Å². The largest absolute Gasteiger partial charge is 0.485 e. The predicted octanol–water partition coefficient (Wildman–Crippen LogP) is 3.62. The Hall–Kier alpha value is -7.15. The Bertz CT molecular complexity index is 3030. The van der Waals surface area contributed by atoms with Crippen LogP contribution in [0, 0.1) is 5.92 Å². The van der Waals surface area contributed by atoms with Gasteiger partial charge in [-0.3, -0.25) is 28.6 Å². The number of β-lactam (4-membered cyclic amide) rings is 1. The number of nitrogens with zero attached hydrogens (tertiary/aromatic N) is 7. The Morgan fingerprint density at radius 1 is 0.877 bits per heavy atom. The van der Waals surface area contributed by atoms with Crippen molar-refractivity contribution in [2.24, 2.45) is 11.1 Å². The summed E-state index contributed by atoms with van der Waals surface area (Å²) in [6.07, 6.45) is -1.09. The Kier molecular flexibility index (Phi) is 17.2. The van der Waals surface area contributed by atoms with Gasteiger partial charge in [-0.1, -0.05) is 65.8 Å². The first-order valence-corrected chi connectivity index (χ1v) is 25.3. The number of carbonyl (C=O) groups is 5. The minimum Gasteiger partial charge on any atom is -0.485 e. The number of aromatic nitrogens is 5. The van der Waals surface area contributed by atoms with Gasteiger partial charge in [-0.25, -0.2) is 28.0 Å². The number of imide groups is 1. The van der Waals surface area contributed by atoms with E-state index in [0.717, 1.165) is 27.0 Å². The summed E-state index contributed by atoms with van der Waals surface area (Å²) >= 11 is 1.02. The number of esters is 2. The molecule has 4 heterocycles. The van der Waals surface area contributed by atoms with Crippen LogP contribution in [0.3, 0.4) is 0 Å². The van der Waals surface area contributed by atoms with E-state index in [1.54, 1.807) is 41.5 Å². The predicted molar refractivity (Wildman–Crippen MR) is 263 cm³/mol. The fraction of sp³-hybridized carbons (Fsp3) is 0.429. The third-order valence-corrected chi connectivity index (χ3v) is 12.6. The van der Waals surface area contributed by atoms with Crippen LogP contribution in [0.2, 0.25) is 0 Å². The minimum atomic E-state index is -5.02. The molecule has 5 aromatic rings. The number of aliphatic hydroxyl groups is 2. The number of ketones is 1. The maximum atomic E-state index is 13.9. The zero-order valence-corrected chi connectivity index (χ0v) is 43.1. The lowest BCUT2D eigenvalue weighted by Crippen LogP contribution is -2.57. The smallest absolute Gasteiger partial charge is 0.360 e. The third-order valence-electron chi connectivity index (χ3n) is 10.3. The summed E-state index contributed by atoms with van der Waals surface area (Å²) < 4.78 is 51.5. The lowest BCUT2D eigenvalue weighted by atomic mass is 9.91. The lowest BCUT2D eigenvalue weighted by molar-refractivity contribution is -0.179. The highest BCUT2D eigenvalue weighted by Crippen LogP contribution is 2.32. The number of benzene rings is 2. The highest BCUT2D eigenvalue weighted by molar-refractivity contribution is 7.90. The summed E-state index contributed by atoms with van der Waals surface area (Å²) in [5.74, 6) is -7.01. The van der Waals surface area contributed by atoms with E-state index in [0.29, 0.717) is 4.90 Å². The fourth-order valence-electron chi connectivity index (χ4n) is 6.75. The van der Waals surface area contributed by atoms with Crippen LogP contribution in [0.15, 0.2) is 88.3 Å². The molecule has 390 valence electrons. The average molecular weight is 1050 g/mol. The number of hydrogen-bond acceptors (Lipinski definition) is 20. The van der Waals surface area contributed by atoms with Crippen molar-refractivity contribution < 1.29 is 66.4 Å². The van der Waals surface area contributed by atoms with Crippen molar-refractivity contribution >= 4 is 56.6 Å². The van der Waals surface area contributed by atoms with Gasteiger partial charge in [0.1, 0.15) is 40.8 Å². The third kappa shape index (κ3) is 14.7. The summed E-state index contributed by atoms with van der Waals surface area (Å²) in [6.45, 7) is 11.1. The summed E-state index contributed by atoms with van der Waals surface area (Å²) in [6, 6.07) is 19.7. The molecule has 1 aliphatic rings. The normalized spacial score (nSPS) is 14.8. The van der Waals surface area contributed by atoms with Crippen LogP contribution in [-0.4, -0.2) is 124 Å². The number of amides is 2. The second kappa shape index (κ2) is 22.7. The molecule has 2 N–H and O–H groups in total. The number of thiazole rings is 1. The van der Waals surface area contributed by atoms with Crippen molar-refractivity contribution in [1.82, 2.24) is 28.6 Å². The Morgan fingerprint density at radius 3 is 2.05 bits per heavy atom. The Balaban J connectivity index is 1.21. The van der Waals surface area contributed by atoms with Crippen molar-refractivity contribution in [3.8, 4) is 23.0 Å². The molecule has 24 heteroatoms. The second-order valence-corrected chi connectivity index (χ2v) is 22.1. The van der Waals surface area contributed by atoms with Crippen molar-refractivity contribution in [2.45, 2.75) is 111 Å². The van der Waals surface area contributed by atoms with E-state index >= 15 is 0 Å². The molecule has 0 unspecified atom stereocenters. The molecule has 0 radical (unpaired) electrons. The van der Waals surface area contributed by atoms with Gasteiger partial charge in [0.15, 0.2) is 34.6 Å². The summed E-state index contributed by atoms with van der Waals surface area (Å²) in [5.41, 5.74) is -3.66. The number of carbonyl (C=O) groups excluding carboxylic acids is 5. The van der Waals surface area contributed by atoms with Crippen LogP contribution in [0.4, 0.5) is 0 Å². The first-order chi connectivity index (χ1) is 34.2. The first kappa shape index (κ1) is 55.2. The van der Waals surface area contributed by atoms with E-state index in [1.807, 2.05) is 60.7 Å². The second-order valence-electron chi connectivity index (χ2n) is 19.3. The van der Waals surface area contributed by atoms with Crippen LogP contribution in [0.25, 0.3) is 11.5 Å². The molecular weight excluding hydrogens is 991 g/mol. The number of oxime groups is 1. The van der Waals surface area contributed by atoms with Gasteiger partial charge in [0.2, 0.25) is 17.4 Å². The van der Waals surface area contributed by atoms with E-state index in [1.165, 1.54) is 31.5 Å². The zero-order valence-electron chi connectivity index (χ0n) is 41.5. The molecule has 1 aliphatic heterocycles. The number of likely N-dealkylation sites (tertiary alicyclic amines) is 1. The van der Waals surface area contributed by atoms with Crippen molar-refractivity contribution in [3.63, 3.8) is 0 Å². The van der Waals surface area contributed by atoms with Crippen molar-refractivity contribution in [2.75, 3.05) is 18.9 Å². The van der Waals surface area contributed by atoms with E-state index in [4.69, 9.17) is 23.8 Å². The molecule has 73 heavy (non-hydrogen) atoms. The summed E-state index contributed by atoms with van der Waals surface area (Å²) in [7, 11) is -5.02. The Morgan fingerprint density at radius 2 is 1.48 bits per heavy atom. The monoisotopic (exact) mass is 1050 g/mol.